The number of benzene rings is 1. The molecule has 144 valence electrons. The number of hydrogen-bond donors (Lipinski definition) is 0. The van der Waals surface area contributed by atoms with Crippen LogP contribution in [0.25, 0.3) is 10.1 Å². The molecule has 0 atom stereocenters. The largest absolute Gasteiger partial charge is 0.484 e. The van der Waals surface area contributed by atoms with E-state index in [0.29, 0.717) is 10.9 Å². The molecule has 0 saturated carbocycles. The molecule has 0 aliphatic heterocycles. The van der Waals surface area contributed by atoms with Crippen LogP contribution in [0.15, 0.2) is 17.5 Å². The summed E-state index contributed by atoms with van der Waals surface area (Å²) in [5.41, 5.74) is -0.286. The summed E-state index contributed by atoms with van der Waals surface area (Å²) in [5, 5.41) is 5.36. The number of esters is 1. The van der Waals surface area contributed by atoms with Gasteiger partial charge in [0.15, 0.2) is 17.3 Å². The minimum atomic E-state index is -4.57. The Morgan fingerprint density at radius 3 is 2.59 bits per heavy atom. The first kappa shape index (κ1) is 19.2. The second kappa shape index (κ2) is 6.84. The first-order valence-corrected chi connectivity index (χ1v) is 8.57. The number of fused-ring (bicyclic) bond motifs is 1. The Labute approximate surface area is 155 Å². The summed E-state index contributed by atoms with van der Waals surface area (Å²) in [6.45, 7) is 2.65. The van der Waals surface area contributed by atoms with Crippen molar-refractivity contribution in [3.63, 3.8) is 0 Å². The molecule has 10 heteroatoms. The fourth-order valence-corrected chi connectivity index (χ4v) is 3.56. The number of nitrogens with zero attached hydrogens (tertiary/aromatic N) is 2. The Morgan fingerprint density at radius 1 is 1.30 bits per heavy atom. The first-order valence-electron chi connectivity index (χ1n) is 7.69. The molecular formula is C17H14F4N2O3S. The summed E-state index contributed by atoms with van der Waals surface area (Å²) >= 11 is 1.04. The number of carbonyl (C=O) groups is 1. The fraction of sp³-hybridized carbons (Fsp3) is 0.294. The Bertz CT molecular complexity index is 1020. The monoisotopic (exact) mass is 402 g/mol. The number of carbonyl (C=O) groups excluding carboxylic acids is 1. The number of alkyl halides is 3. The van der Waals surface area contributed by atoms with Crippen LogP contribution in [0.1, 0.15) is 23.9 Å². The molecule has 0 bridgehead atoms. The Hall–Kier alpha value is -2.62. The van der Waals surface area contributed by atoms with Gasteiger partial charge in [-0.05, 0) is 24.6 Å². The summed E-state index contributed by atoms with van der Waals surface area (Å²) in [4.78, 5) is 11.2. The van der Waals surface area contributed by atoms with Crippen LogP contribution >= 0.6 is 11.3 Å². The highest BCUT2D eigenvalue weighted by atomic mass is 32.1. The van der Waals surface area contributed by atoms with E-state index in [-0.39, 0.29) is 28.5 Å². The molecule has 0 saturated heterocycles. The van der Waals surface area contributed by atoms with E-state index in [0.717, 1.165) is 22.1 Å². The predicted octanol–water partition coefficient (Wildman–Crippen LogP) is 4.61. The minimum absolute atomic E-state index is 0.106. The predicted molar refractivity (Wildman–Crippen MR) is 90.4 cm³/mol. The third-order valence-corrected chi connectivity index (χ3v) is 4.76. The van der Waals surface area contributed by atoms with Crippen molar-refractivity contribution in [2.75, 3.05) is 0 Å². The van der Waals surface area contributed by atoms with Gasteiger partial charge in [0.2, 0.25) is 0 Å². The zero-order valence-electron chi connectivity index (χ0n) is 14.5. The molecule has 2 aromatic heterocycles. The second-order valence-corrected chi connectivity index (χ2v) is 6.71. The normalized spacial score (nSPS) is 11.8. The van der Waals surface area contributed by atoms with E-state index in [1.807, 2.05) is 0 Å². The van der Waals surface area contributed by atoms with E-state index in [2.05, 4.69) is 5.10 Å². The van der Waals surface area contributed by atoms with Crippen molar-refractivity contribution in [1.82, 2.24) is 9.78 Å². The van der Waals surface area contributed by atoms with E-state index in [4.69, 9.17) is 9.47 Å². The number of rotatable bonds is 4. The molecule has 0 spiro atoms. The lowest BCUT2D eigenvalue weighted by Crippen LogP contribution is -2.07. The fourth-order valence-electron chi connectivity index (χ4n) is 2.59. The molecule has 0 radical (unpaired) electrons. The van der Waals surface area contributed by atoms with Gasteiger partial charge in [0.05, 0.1) is 10.4 Å². The van der Waals surface area contributed by atoms with Crippen LogP contribution in [0.5, 0.6) is 11.5 Å². The van der Waals surface area contributed by atoms with Crippen molar-refractivity contribution in [3.05, 3.63) is 40.3 Å². The van der Waals surface area contributed by atoms with Gasteiger partial charge in [0, 0.05) is 24.7 Å². The summed E-state index contributed by atoms with van der Waals surface area (Å²) in [5.74, 6) is -1.04. The number of hydrogen-bond acceptors (Lipinski definition) is 5. The van der Waals surface area contributed by atoms with Crippen molar-refractivity contribution >= 4 is 27.4 Å². The maximum Gasteiger partial charge on any atom is 0.435 e. The molecule has 1 aromatic carbocycles. The van der Waals surface area contributed by atoms with Gasteiger partial charge in [0.1, 0.15) is 12.4 Å². The van der Waals surface area contributed by atoms with Crippen LogP contribution in [0.4, 0.5) is 17.6 Å². The van der Waals surface area contributed by atoms with E-state index < -0.39 is 23.7 Å². The van der Waals surface area contributed by atoms with Gasteiger partial charge >= 0.3 is 12.1 Å². The van der Waals surface area contributed by atoms with E-state index in [1.165, 1.54) is 25.4 Å². The quantitative estimate of drug-likeness (QED) is 0.473. The van der Waals surface area contributed by atoms with Crippen molar-refractivity contribution < 1.29 is 31.8 Å². The molecule has 0 aliphatic rings. The summed E-state index contributed by atoms with van der Waals surface area (Å²) in [6, 6.07) is 2.27. The highest BCUT2D eigenvalue weighted by molar-refractivity contribution is 7.17. The third kappa shape index (κ3) is 3.75. The van der Waals surface area contributed by atoms with Crippen LogP contribution in [0.3, 0.4) is 0 Å². The average molecular weight is 402 g/mol. The zero-order valence-corrected chi connectivity index (χ0v) is 15.3. The van der Waals surface area contributed by atoms with Crippen LogP contribution in [-0.2, 0) is 24.6 Å². The van der Waals surface area contributed by atoms with E-state index in [1.54, 1.807) is 6.92 Å². The highest BCUT2D eigenvalue weighted by Gasteiger charge is 2.34. The van der Waals surface area contributed by atoms with Gasteiger partial charge in [-0.25, -0.2) is 4.39 Å². The molecule has 2 heterocycles. The molecule has 3 aromatic rings. The molecule has 5 nitrogen and oxygen atoms in total. The maximum atomic E-state index is 14.7. The lowest BCUT2D eigenvalue weighted by molar-refractivity contribution is -0.141. The zero-order chi connectivity index (χ0) is 19.9. The van der Waals surface area contributed by atoms with E-state index >= 15 is 0 Å². The van der Waals surface area contributed by atoms with Gasteiger partial charge in [-0.2, -0.15) is 18.3 Å². The molecular weight excluding hydrogens is 388 g/mol. The number of halogens is 4. The molecule has 3 rings (SSSR count). The standard InChI is InChI=1S/C17H14F4N2O3S/c1-8-4-11(15(18)16-14(8)12(7-27-16)26-9(2)24)25-6-10-5-13(17(19,20)21)22-23(10)3/h4-5,7H,6H2,1-3H3. The summed E-state index contributed by atoms with van der Waals surface area (Å²) in [6.07, 6.45) is -4.57. The Kier molecular flexibility index (Phi) is 4.85. The number of thiophene rings is 1. The topological polar surface area (TPSA) is 53.4 Å². The lowest BCUT2D eigenvalue weighted by Gasteiger charge is -2.10. The minimum Gasteiger partial charge on any atom is -0.484 e. The lowest BCUT2D eigenvalue weighted by atomic mass is 10.1. The molecule has 0 amide bonds. The van der Waals surface area contributed by atoms with E-state index in [9.17, 15) is 22.4 Å². The summed E-state index contributed by atoms with van der Waals surface area (Å²) in [7, 11) is 1.35. The van der Waals surface area contributed by atoms with Gasteiger partial charge in [0.25, 0.3) is 0 Å². The smallest absolute Gasteiger partial charge is 0.435 e. The molecule has 0 N–H and O–H groups in total. The van der Waals surface area contributed by atoms with Gasteiger partial charge < -0.3 is 9.47 Å². The summed E-state index contributed by atoms with van der Waals surface area (Å²) < 4.78 is 64.6. The molecule has 27 heavy (non-hydrogen) atoms. The Balaban J connectivity index is 1.89. The van der Waals surface area contributed by atoms with Crippen molar-refractivity contribution in [2.45, 2.75) is 26.6 Å². The van der Waals surface area contributed by atoms with Gasteiger partial charge in [-0.15, -0.1) is 11.3 Å². The highest BCUT2D eigenvalue weighted by Crippen LogP contribution is 2.40. The van der Waals surface area contributed by atoms with Crippen LogP contribution in [-0.4, -0.2) is 15.7 Å². The van der Waals surface area contributed by atoms with Crippen LogP contribution < -0.4 is 9.47 Å². The maximum absolute atomic E-state index is 14.7. The van der Waals surface area contributed by atoms with Crippen molar-refractivity contribution in [3.8, 4) is 11.5 Å². The van der Waals surface area contributed by atoms with Gasteiger partial charge in [-0.1, -0.05) is 0 Å². The number of aromatic nitrogens is 2. The molecule has 0 aliphatic carbocycles. The first-order chi connectivity index (χ1) is 12.6. The van der Waals surface area contributed by atoms with Crippen LogP contribution in [0, 0.1) is 12.7 Å². The van der Waals surface area contributed by atoms with Gasteiger partial charge in [-0.3, -0.25) is 9.48 Å². The Morgan fingerprint density at radius 2 is 2.00 bits per heavy atom. The molecule has 0 unspecified atom stereocenters. The van der Waals surface area contributed by atoms with Crippen molar-refractivity contribution in [1.29, 1.82) is 0 Å². The SMILES string of the molecule is CC(=O)Oc1csc2c(F)c(OCc3cc(C(F)(F)F)nn3C)cc(C)c12. The average Bonchev–Trinajstić information content (AvgIpc) is 3.13. The van der Waals surface area contributed by atoms with Crippen LogP contribution in [0.2, 0.25) is 0 Å². The number of aryl methyl sites for hydroxylation is 2. The number of ether oxygens (including phenoxy) is 2. The second-order valence-electron chi connectivity index (χ2n) is 5.83. The third-order valence-electron chi connectivity index (χ3n) is 3.81. The van der Waals surface area contributed by atoms with Crippen molar-refractivity contribution in [2.24, 2.45) is 7.05 Å². The molecule has 0 fully saturated rings.